The second-order valence-electron chi connectivity index (χ2n) is 5.83. The van der Waals surface area contributed by atoms with Crippen LogP contribution in [0.1, 0.15) is 56.0 Å². The molecule has 2 aliphatic rings. The predicted molar refractivity (Wildman–Crippen MR) is 72.6 cm³/mol. The lowest BCUT2D eigenvalue weighted by atomic mass is 9.95. The van der Waals surface area contributed by atoms with Crippen molar-refractivity contribution in [2.24, 2.45) is 0 Å². The van der Waals surface area contributed by atoms with E-state index in [0.717, 1.165) is 17.6 Å². The van der Waals surface area contributed by atoms with E-state index in [1.807, 2.05) is 12.3 Å². The first-order valence-electron chi connectivity index (χ1n) is 7.36. The van der Waals surface area contributed by atoms with Crippen molar-refractivity contribution in [2.45, 2.75) is 57.4 Å². The summed E-state index contributed by atoms with van der Waals surface area (Å²) in [4.78, 5) is 11.8. The Labute approximate surface area is 110 Å². The Morgan fingerprint density at radius 3 is 2.78 bits per heavy atom. The number of hydrogen-bond acceptors (Lipinski definition) is 3. The number of piperidine rings is 1. The first-order chi connectivity index (χ1) is 8.83. The van der Waals surface area contributed by atoms with Crippen LogP contribution in [0.5, 0.6) is 0 Å². The van der Waals surface area contributed by atoms with Crippen molar-refractivity contribution >= 4 is 0 Å². The van der Waals surface area contributed by atoms with E-state index in [4.69, 9.17) is 0 Å². The quantitative estimate of drug-likeness (QED) is 0.802. The van der Waals surface area contributed by atoms with Crippen LogP contribution in [0, 0.1) is 6.92 Å². The standard InChI is InChI=1S/C15H23N3/c1-12-8-9-16-15(17-12)13-5-4-10-18(11-13)14-6-2-3-7-14/h8-9,13-14H,2-7,10-11H2,1H3/t13-/m1/s1. The summed E-state index contributed by atoms with van der Waals surface area (Å²) in [6.07, 6.45) is 10.1. The molecular formula is C15H23N3. The lowest BCUT2D eigenvalue weighted by molar-refractivity contribution is 0.147. The van der Waals surface area contributed by atoms with E-state index >= 15 is 0 Å². The predicted octanol–water partition coefficient (Wildman–Crippen LogP) is 2.91. The largest absolute Gasteiger partial charge is 0.300 e. The molecule has 3 rings (SSSR count). The highest BCUT2D eigenvalue weighted by Gasteiger charge is 2.29. The molecule has 1 aliphatic heterocycles. The van der Waals surface area contributed by atoms with Crippen LogP contribution in [0.2, 0.25) is 0 Å². The zero-order valence-corrected chi connectivity index (χ0v) is 11.3. The number of rotatable bonds is 2. The average molecular weight is 245 g/mol. The van der Waals surface area contributed by atoms with Gasteiger partial charge in [-0.1, -0.05) is 12.8 Å². The monoisotopic (exact) mass is 245 g/mol. The van der Waals surface area contributed by atoms with Crippen molar-refractivity contribution in [1.29, 1.82) is 0 Å². The molecule has 0 spiro atoms. The van der Waals surface area contributed by atoms with E-state index < -0.39 is 0 Å². The Kier molecular flexibility index (Phi) is 3.59. The van der Waals surface area contributed by atoms with Crippen LogP contribution in [-0.4, -0.2) is 34.0 Å². The number of aromatic nitrogens is 2. The summed E-state index contributed by atoms with van der Waals surface area (Å²) in [7, 11) is 0. The van der Waals surface area contributed by atoms with Crippen LogP contribution in [0.3, 0.4) is 0 Å². The Morgan fingerprint density at radius 1 is 1.17 bits per heavy atom. The molecule has 1 saturated carbocycles. The van der Waals surface area contributed by atoms with E-state index in [0.29, 0.717) is 5.92 Å². The topological polar surface area (TPSA) is 29.0 Å². The first kappa shape index (κ1) is 12.1. The Bertz CT molecular complexity index is 398. The van der Waals surface area contributed by atoms with Crippen LogP contribution in [-0.2, 0) is 0 Å². The molecule has 0 radical (unpaired) electrons. The van der Waals surface area contributed by atoms with Gasteiger partial charge in [-0.3, -0.25) is 4.90 Å². The third kappa shape index (κ3) is 2.56. The smallest absolute Gasteiger partial charge is 0.132 e. The normalized spacial score (nSPS) is 26.6. The fourth-order valence-corrected chi connectivity index (χ4v) is 3.48. The molecular weight excluding hydrogens is 222 g/mol. The molecule has 1 saturated heterocycles. The molecule has 2 fully saturated rings. The summed E-state index contributed by atoms with van der Waals surface area (Å²) in [6.45, 7) is 4.52. The molecule has 0 amide bonds. The summed E-state index contributed by atoms with van der Waals surface area (Å²) >= 11 is 0. The lowest BCUT2D eigenvalue weighted by Crippen LogP contribution is -2.41. The van der Waals surface area contributed by atoms with E-state index in [9.17, 15) is 0 Å². The van der Waals surface area contributed by atoms with Crippen LogP contribution >= 0.6 is 0 Å². The molecule has 98 valence electrons. The second kappa shape index (κ2) is 5.35. The number of aryl methyl sites for hydroxylation is 1. The summed E-state index contributed by atoms with van der Waals surface area (Å²) in [6, 6.07) is 2.83. The minimum atomic E-state index is 0.555. The van der Waals surface area contributed by atoms with E-state index in [2.05, 4.69) is 21.8 Å². The molecule has 3 heteroatoms. The molecule has 1 aliphatic carbocycles. The van der Waals surface area contributed by atoms with Gasteiger partial charge in [-0.05, 0) is 45.2 Å². The second-order valence-corrected chi connectivity index (χ2v) is 5.83. The van der Waals surface area contributed by atoms with E-state index in [-0.39, 0.29) is 0 Å². The minimum Gasteiger partial charge on any atom is -0.300 e. The maximum Gasteiger partial charge on any atom is 0.132 e. The third-order valence-corrected chi connectivity index (χ3v) is 4.47. The van der Waals surface area contributed by atoms with Gasteiger partial charge < -0.3 is 0 Å². The van der Waals surface area contributed by atoms with Crippen molar-refractivity contribution in [1.82, 2.24) is 14.9 Å². The van der Waals surface area contributed by atoms with Gasteiger partial charge in [0.15, 0.2) is 0 Å². The Hall–Kier alpha value is -0.960. The fourth-order valence-electron chi connectivity index (χ4n) is 3.48. The highest BCUT2D eigenvalue weighted by Crippen LogP contribution is 2.30. The van der Waals surface area contributed by atoms with Crippen molar-refractivity contribution in [3.8, 4) is 0 Å². The zero-order chi connectivity index (χ0) is 12.4. The van der Waals surface area contributed by atoms with Crippen LogP contribution in [0.4, 0.5) is 0 Å². The fraction of sp³-hybridized carbons (Fsp3) is 0.733. The number of hydrogen-bond donors (Lipinski definition) is 0. The van der Waals surface area contributed by atoms with Gasteiger partial charge in [0.1, 0.15) is 5.82 Å². The van der Waals surface area contributed by atoms with Crippen molar-refractivity contribution in [3.63, 3.8) is 0 Å². The highest BCUT2D eigenvalue weighted by molar-refractivity contribution is 5.06. The summed E-state index contributed by atoms with van der Waals surface area (Å²) in [5.74, 6) is 1.62. The molecule has 1 aromatic rings. The average Bonchev–Trinajstić information content (AvgIpc) is 2.93. The maximum absolute atomic E-state index is 4.62. The van der Waals surface area contributed by atoms with Gasteiger partial charge in [0.2, 0.25) is 0 Å². The van der Waals surface area contributed by atoms with Gasteiger partial charge in [0.05, 0.1) is 0 Å². The lowest BCUT2D eigenvalue weighted by Gasteiger charge is -2.36. The van der Waals surface area contributed by atoms with Crippen molar-refractivity contribution in [2.75, 3.05) is 13.1 Å². The van der Waals surface area contributed by atoms with Crippen LogP contribution in [0.15, 0.2) is 12.3 Å². The number of likely N-dealkylation sites (tertiary alicyclic amines) is 1. The third-order valence-electron chi connectivity index (χ3n) is 4.47. The molecule has 2 heterocycles. The first-order valence-corrected chi connectivity index (χ1v) is 7.36. The van der Waals surface area contributed by atoms with Crippen LogP contribution < -0.4 is 0 Å². The molecule has 0 bridgehead atoms. The SMILES string of the molecule is Cc1ccnc([C@@H]2CCCN(C3CCCC3)C2)n1. The summed E-state index contributed by atoms with van der Waals surface area (Å²) in [5.41, 5.74) is 1.10. The van der Waals surface area contributed by atoms with Gasteiger partial charge in [-0.15, -0.1) is 0 Å². The molecule has 0 N–H and O–H groups in total. The van der Waals surface area contributed by atoms with Gasteiger partial charge in [0.25, 0.3) is 0 Å². The van der Waals surface area contributed by atoms with Crippen molar-refractivity contribution < 1.29 is 0 Å². The van der Waals surface area contributed by atoms with Crippen molar-refractivity contribution in [3.05, 3.63) is 23.8 Å². The molecule has 0 aromatic carbocycles. The van der Waals surface area contributed by atoms with E-state index in [1.165, 1.54) is 51.6 Å². The summed E-state index contributed by atoms with van der Waals surface area (Å²) < 4.78 is 0. The minimum absolute atomic E-state index is 0.555. The molecule has 1 atom stereocenters. The van der Waals surface area contributed by atoms with Gasteiger partial charge in [-0.25, -0.2) is 9.97 Å². The Morgan fingerprint density at radius 2 is 2.00 bits per heavy atom. The Balaban J connectivity index is 1.69. The number of nitrogens with zero attached hydrogens (tertiary/aromatic N) is 3. The van der Waals surface area contributed by atoms with Gasteiger partial charge in [-0.2, -0.15) is 0 Å². The molecule has 3 nitrogen and oxygen atoms in total. The molecule has 1 aromatic heterocycles. The summed E-state index contributed by atoms with van der Waals surface area (Å²) in [5, 5.41) is 0. The van der Waals surface area contributed by atoms with Gasteiger partial charge in [0, 0.05) is 30.4 Å². The van der Waals surface area contributed by atoms with E-state index in [1.54, 1.807) is 0 Å². The zero-order valence-electron chi connectivity index (χ0n) is 11.3. The van der Waals surface area contributed by atoms with Gasteiger partial charge >= 0.3 is 0 Å². The van der Waals surface area contributed by atoms with Crippen LogP contribution in [0.25, 0.3) is 0 Å². The molecule has 0 unspecified atom stereocenters. The highest BCUT2D eigenvalue weighted by atomic mass is 15.2. The molecule has 18 heavy (non-hydrogen) atoms. The maximum atomic E-state index is 4.62.